The second-order valence-electron chi connectivity index (χ2n) is 7.15. The molecule has 1 aromatic rings. The molecule has 1 aliphatic rings. The van der Waals surface area contributed by atoms with Gasteiger partial charge in [0.1, 0.15) is 0 Å². The van der Waals surface area contributed by atoms with Crippen LogP contribution in [0.15, 0.2) is 15.9 Å². The summed E-state index contributed by atoms with van der Waals surface area (Å²) >= 11 is 5.46. The van der Waals surface area contributed by atoms with Gasteiger partial charge in [0.2, 0.25) is 0 Å². The number of nitrogens with one attached hydrogen (secondary N) is 1. The second-order valence-corrected chi connectivity index (χ2v) is 9.70. The maximum Gasteiger partial charge on any atom is 0.0701 e. The van der Waals surface area contributed by atoms with E-state index < -0.39 is 0 Å². The van der Waals surface area contributed by atoms with E-state index in [1.54, 1.807) is 0 Å². The van der Waals surface area contributed by atoms with Crippen LogP contribution in [-0.4, -0.2) is 30.1 Å². The highest BCUT2D eigenvalue weighted by Crippen LogP contribution is 2.26. The van der Waals surface area contributed by atoms with Gasteiger partial charge in [0, 0.05) is 36.6 Å². The fourth-order valence-electron chi connectivity index (χ4n) is 3.26. The first-order chi connectivity index (χ1) is 9.94. The van der Waals surface area contributed by atoms with E-state index >= 15 is 0 Å². The molecule has 0 spiro atoms. The first kappa shape index (κ1) is 17.5. The zero-order valence-electron chi connectivity index (χ0n) is 13.7. The van der Waals surface area contributed by atoms with Crippen molar-refractivity contribution in [2.24, 2.45) is 11.8 Å². The third-order valence-electron chi connectivity index (χ3n) is 4.10. The molecule has 0 saturated carbocycles. The van der Waals surface area contributed by atoms with Gasteiger partial charge in [-0.25, -0.2) is 0 Å². The molecule has 2 heterocycles. The van der Waals surface area contributed by atoms with Crippen LogP contribution in [0.4, 0.5) is 0 Å². The molecule has 0 radical (unpaired) electrons. The van der Waals surface area contributed by atoms with Gasteiger partial charge in [0.25, 0.3) is 0 Å². The largest absolute Gasteiger partial charge is 0.311 e. The molecule has 0 bridgehead atoms. The van der Waals surface area contributed by atoms with Crippen molar-refractivity contribution < 1.29 is 0 Å². The van der Waals surface area contributed by atoms with Crippen molar-refractivity contribution >= 4 is 27.3 Å². The molecule has 4 heteroatoms. The summed E-state index contributed by atoms with van der Waals surface area (Å²) < 4.78 is 1.24. The van der Waals surface area contributed by atoms with Crippen LogP contribution in [-0.2, 0) is 6.54 Å². The Bertz CT molecular complexity index is 430. The van der Waals surface area contributed by atoms with Crippen molar-refractivity contribution in [1.29, 1.82) is 0 Å². The summed E-state index contributed by atoms with van der Waals surface area (Å²) in [5.74, 6) is 1.53. The highest BCUT2D eigenvalue weighted by Gasteiger charge is 2.28. The van der Waals surface area contributed by atoms with Crippen LogP contribution in [0.2, 0.25) is 0 Å². The summed E-state index contributed by atoms with van der Waals surface area (Å²) in [6.45, 7) is 12.7. The van der Waals surface area contributed by atoms with Gasteiger partial charge < -0.3 is 5.32 Å². The van der Waals surface area contributed by atoms with Gasteiger partial charge >= 0.3 is 0 Å². The number of piperazine rings is 1. The van der Waals surface area contributed by atoms with E-state index in [0.717, 1.165) is 24.9 Å². The third-order valence-corrected chi connectivity index (χ3v) is 5.71. The fourth-order valence-corrected chi connectivity index (χ4v) is 4.77. The Balaban J connectivity index is 2.01. The molecule has 2 nitrogen and oxygen atoms in total. The van der Waals surface area contributed by atoms with E-state index in [1.807, 2.05) is 11.3 Å². The summed E-state index contributed by atoms with van der Waals surface area (Å²) in [6.07, 6.45) is 2.56. The molecule has 0 amide bonds. The lowest BCUT2D eigenvalue weighted by Crippen LogP contribution is -2.56. The lowest BCUT2D eigenvalue weighted by Gasteiger charge is -2.41. The molecule has 0 aliphatic carbocycles. The molecule has 1 aromatic heterocycles. The predicted molar refractivity (Wildman–Crippen MR) is 96.9 cm³/mol. The average molecular weight is 373 g/mol. The highest BCUT2D eigenvalue weighted by molar-refractivity contribution is 9.11. The van der Waals surface area contributed by atoms with Crippen molar-refractivity contribution in [3.05, 3.63) is 20.8 Å². The zero-order chi connectivity index (χ0) is 15.4. The molecular formula is C17H29BrN2S. The summed E-state index contributed by atoms with van der Waals surface area (Å²) in [5.41, 5.74) is 0. The van der Waals surface area contributed by atoms with Crippen molar-refractivity contribution in [3.63, 3.8) is 0 Å². The van der Waals surface area contributed by atoms with Crippen LogP contribution in [0, 0.1) is 11.8 Å². The van der Waals surface area contributed by atoms with Gasteiger partial charge in [-0.05, 0) is 52.7 Å². The second kappa shape index (κ2) is 8.09. The molecular weight excluding hydrogens is 344 g/mol. The standard InChI is InChI=1S/C17H29BrN2S/c1-12(2)7-14-10-20(11-16-5-6-17(18)21-16)15(9-19-14)8-13(3)4/h5-6,12-15,19H,7-11H2,1-4H3. The smallest absolute Gasteiger partial charge is 0.0701 e. The van der Waals surface area contributed by atoms with Crippen LogP contribution in [0.25, 0.3) is 0 Å². The molecule has 0 aromatic carbocycles. The monoisotopic (exact) mass is 372 g/mol. The number of hydrogen-bond acceptors (Lipinski definition) is 3. The maximum atomic E-state index is 3.78. The Morgan fingerprint density at radius 2 is 1.95 bits per heavy atom. The predicted octanol–water partition coefficient (Wildman–Crippen LogP) is 4.75. The third kappa shape index (κ3) is 5.66. The SMILES string of the molecule is CC(C)CC1CN(Cc2ccc(Br)s2)C(CC(C)C)CN1. The Morgan fingerprint density at radius 3 is 2.52 bits per heavy atom. The lowest BCUT2D eigenvalue weighted by molar-refractivity contribution is 0.101. The van der Waals surface area contributed by atoms with Crippen LogP contribution in [0.5, 0.6) is 0 Å². The minimum Gasteiger partial charge on any atom is -0.311 e. The summed E-state index contributed by atoms with van der Waals surface area (Å²) in [6, 6.07) is 5.76. The highest BCUT2D eigenvalue weighted by atomic mass is 79.9. The Labute approximate surface area is 142 Å². The molecule has 2 unspecified atom stereocenters. The number of halogens is 1. The summed E-state index contributed by atoms with van der Waals surface area (Å²) in [7, 11) is 0. The van der Waals surface area contributed by atoms with E-state index in [2.05, 4.69) is 66.0 Å². The molecule has 21 heavy (non-hydrogen) atoms. The van der Waals surface area contributed by atoms with E-state index in [1.165, 1.54) is 28.0 Å². The number of hydrogen-bond donors (Lipinski definition) is 1. The van der Waals surface area contributed by atoms with Crippen molar-refractivity contribution in [2.75, 3.05) is 13.1 Å². The van der Waals surface area contributed by atoms with Crippen LogP contribution < -0.4 is 5.32 Å². The number of thiophene rings is 1. The van der Waals surface area contributed by atoms with Gasteiger partial charge in [-0.3, -0.25) is 4.90 Å². The minimum atomic E-state index is 0.650. The number of rotatable bonds is 6. The van der Waals surface area contributed by atoms with Crippen molar-refractivity contribution in [3.8, 4) is 0 Å². The van der Waals surface area contributed by atoms with Crippen molar-refractivity contribution in [2.45, 2.75) is 59.2 Å². The van der Waals surface area contributed by atoms with Crippen molar-refractivity contribution in [1.82, 2.24) is 10.2 Å². The molecule has 1 fully saturated rings. The van der Waals surface area contributed by atoms with Gasteiger partial charge in [0.05, 0.1) is 3.79 Å². The van der Waals surface area contributed by atoms with Crippen LogP contribution in [0.1, 0.15) is 45.4 Å². The maximum absolute atomic E-state index is 3.78. The normalized spacial score (nSPS) is 24.1. The Kier molecular flexibility index (Phi) is 6.73. The van der Waals surface area contributed by atoms with Gasteiger partial charge in [-0.15, -0.1) is 11.3 Å². The first-order valence-corrected chi connectivity index (χ1v) is 9.76. The molecule has 1 aliphatic heterocycles. The first-order valence-electron chi connectivity index (χ1n) is 8.15. The minimum absolute atomic E-state index is 0.650. The Hall–Kier alpha value is 0.1000. The fraction of sp³-hybridized carbons (Fsp3) is 0.765. The summed E-state index contributed by atoms with van der Waals surface area (Å²) in [5, 5.41) is 3.78. The van der Waals surface area contributed by atoms with E-state index in [0.29, 0.717) is 12.1 Å². The molecule has 1 N–H and O–H groups in total. The van der Waals surface area contributed by atoms with E-state index in [-0.39, 0.29) is 0 Å². The van der Waals surface area contributed by atoms with Crippen LogP contribution >= 0.6 is 27.3 Å². The van der Waals surface area contributed by atoms with Gasteiger partial charge in [-0.1, -0.05) is 27.7 Å². The van der Waals surface area contributed by atoms with Gasteiger partial charge in [0.15, 0.2) is 0 Å². The van der Waals surface area contributed by atoms with E-state index in [4.69, 9.17) is 0 Å². The Morgan fingerprint density at radius 1 is 1.24 bits per heavy atom. The van der Waals surface area contributed by atoms with Crippen LogP contribution in [0.3, 0.4) is 0 Å². The molecule has 2 rings (SSSR count). The molecule has 120 valence electrons. The lowest BCUT2D eigenvalue weighted by atomic mass is 9.95. The van der Waals surface area contributed by atoms with Gasteiger partial charge in [-0.2, -0.15) is 0 Å². The zero-order valence-corrected chi connectivity index (χ0v) is 16.1. The quantitative estimate of drug-likeness (QED) is 0.775. The number of nitrogens with zero attached hydrogens (tertiary/aromatic N) is 1. The van der Waals surface area contributed by atoms with E-state index in [9.17, 15) is 0 Å². The molecule has 2 atom stereocenters. The summed E-state index contributed by atoms with van der Waals surface area (Å²) in [4.78, 5) is 4.18. The topological polar surface area (TPSA) is 15.3 Å². The average Bonchev–Trinajstić information content (AvgIpc) is 2.77. The molecule has 1 saturated heterocycles.